The number of hydrogen-bond donors (Lipinski definition) is 1. The van der Waals surface area contributed by atoms with Gasteiger partial charge in [0.05, 0.1) is 16.6 Å². The van der Waals surface area contributed by atoms with Crippen molar-refractivity contribution in [2.75, 3.05) is 5.32 Å². The summed E-state index contributed by atoms with van der Waals surface area (Å²) in [6.07, 6.45) is 0.401. The summed E-state index contributed by atoms with van der Waals surface area (Å²) in [7, 11) is 0. The molecule has 0 aliphatic carbocycles. The van der Waals surface area contributed by atoms with Crippen molar-refractivity contribution in [3.05, 3.63) is 46.2 Å². The lowest BCUT2D eigenvalue weighted by Crippen LogP contribution is -2.13. The number of para-hydroxylation sites is 1. The third kappa shape index (κ3) is 2.67. The molecule has 0 atom stereocenters. The molecule has 2 aromatic heterocycles. The van der Waals surface area contributed by atoms with E-state index in [4.69, 9.17) is 0 Å². The van der Waals surface area contributed by atoms with Crippen LogP contribution in [-0.2, 0) is 11.2 Å². The molecule has 0 fully saturated rings. The molecule has 5 heteroatoms. The number of carbonyl (C=O) groups excluding carboxylic acids is 1. The van der Waals surface area contributed by atoms with Crippen molar-refractivity contribution in [3.63, 3.8) is 0 Å². The maximum atomic E-state index is 11.9. The lowest BCUT2D eigenvalue weighted by atomic mass is 10.2. The number of fused-ring (bicyclic) bond motifs is 1. The Bertz CT molecular complexity index is 716. The van der Waals surface area contributed by atoms with E-state index in [0.717, 1.165) is 21.3 Å². The van der Waals surface area contributed by atoms with Crippen molar-refractivity contribution in [2.24, 2.45) is 0 Å². The molecule has 3 rings (SSSR count). The van der Waals surface area contributed by atoms with E-state index in [0.29, 0.717) is 11.6 Å². The van der Waals surface area contributed by atoms with Crippen LogP contribution in [0.2, 0.25) is 0 Å². The van der Waals surface area contributed by atoms with Gasteiger partial charge < -0.3 is 5.32 Å². The van der Waals surface area contributed by atoms with Crippen LogP contribution in [0.25, 0.3) is 10.2 Å². The summed E-state index contributed by atoms with van der Waals surface area (Å²) in [4.78, 5) is 16.4. The third-order valence-electron chi connectivity index (χ3n) is 2.81. The molecule has 0 saturated heterocycles. The first-order valence-corrected chi connectivity index (χ1v) is 7.65. The van der Waals surface area contributed by atoms with Crippen molar-refractivity contribution in [1.82, 2.24) is 4.98 Å². The smallest absolute Gasteiger partial charge is 0.230 e. The number of benzene rings is 1. The van der Waals surface area contributed by atoms with Crippen molar-refractivity contribution in [3.8, 4) is 0 Å². The van der Waals surface area contributed by atoms with E-state index < -0.39 is 0 Å². The van der Waals surface area contributed by atoms with E-state index in [-0.39, 0.29) is 5.91 Å². The lowest BCUT2D eigenvalue weighted by Gasteiger charge is -1.99. The summed E-state index contributed by atoms with van der Waals surface area (Å²) in [5.41, 5.74) is 3.14. The van der Waals surface area contributed by atoms with E-state index in [9.17, 15) is 4.79 Å². The fourth-order valence-corrected chi connectivity index (χ4v) is 3.51. The second-order valence-corrected chi connectivity index (χ2v) is 6.11. The van der Waals surface area contributed by atoms with Gasteiger partial charge in [-0.2, -0.15) is 11.3 Å². The van der Waals surface area contributed by atoms with E-state index in [1.807, 2.05) is 41.9 Å². The van der Waals surface area contributed by atoms with Crippen LogP contribution in [0.15, 0.2) is 35.0 Å². The molecule has 19 heavy (non-hydrogen) atoms. The van der Waals surface area contributed by atoms with Gasteiger partial charge in [0.25, 0.3) is 0 Å². The minimum Gasteiger partial charge on any atom is -0.302 e. The number of aryl methyl sites for hydroxylation is 1. The van der Waals surface area contributed by atoms with Gasteiger partial charge in [-0.25, -0.2) is 4.98 Å². The summed E-state index contributed by atoms with van der Waals surface area (Å²) in [6, 6.07) is 8.02. The fraction of sp³-hybridized carbons (Fsp3) is 0.143. The molecule has 2 heterocycles. The molecular weight excluding hydrogens is 276 g/mol. The van der Waals surface area contributed by atoms with E-state index >= 15 is 0 Å². The predicted molar refractivity (Wildman–Crippen MR) is 81.0 cm³/mol. The Labute approximate surface area is 118 Å². The monoisotopic (exact) mass is 288 g/mol. The third-order valence-corrected chi connectivity index (χ3v) is 4.48. The number of rotatable bonds is 3. The van der Waals surface area contributed by atoms with Gasteiger partial charge in [0.15, 0.2) is 5.13 Å². The first kappa shape index (κ1) is 12.3. The molecule has 0 spiro atoms. The molecule has 1 amide bonds. The van der Waals surface area contributed by atoms with Gasteiger partial charge in [0.1, 0.15) is 0 Å². The first-order valence-electron chi connectivity index (χ1n) is 5.89. The zero-order valence-corrected chi connectivity index (χ0v) is 12.0. The molecule has 0 aliphatic heterocycles. The van der Waals surface area contributed by atoms with E-state index in [1.54, 1.807) is 11.3 Å². The van der Waals surface area contributed by atoms with Gasteiger partial charge in [-0.15, -0.1) is 0 Å². The predicted octanol–water partition coefficient (Wildman–Crippen LogP) is 3.85. The van der Waals surface area contributed by atoms with Crippen LogP contribution in [0, 0.1) is 6.92 Å². The number of nitrogens with zero attached hydrogens (tertiary/aromatic N) is 1. The Hall–Kier alpha value is -1.72. The SMILES string of the molecule is Cc1cccc2sc(NC(=O)Cc3ccsc3)nc12. The van der Waals surface area contributed by atoms with Gasteiger partial charge in [-0.1, -0.05) is 23.5 Å². The van der Waals surface area contributed by atoms with Gasteiger partial charge >= 0.3 is 0 Å². The number of nitrogens with one attached hydrogen (secondary N) is 1. The number of amides is 1. The zero-order chi connectivity index (χ0) is 13.2. The molecule has 0 aliphatic rings. The zero-order valence-electron chi connectivity index (χ0n) is 10.3. The lowest BCUT2D eigenvalue weighted by molar-refractivity contribution is -0.115. The number of hydrogen-bond acceptors (Lipinski definition) is 4. The summed E-state index contributed by atoms with van der Waals surface area (Å²) >= 11 is 3.11. The Morgan fingerprint density at radius 3 is 3.00 bits per heavy atom. The van der Waals surface area contributed by atoms with Crippen LogP contribution in [0.4, 0.5) is 5.13 Å². The van der Waals surface area contributed by atoms with E-state index in [1.165, 1.54) is 11.3 Å². The van der Waals surface area contributed by atoms with Gasteiger partial charge in [0, 0.05) is 0 Å². The number of thiophene rings is 1. The summed E-state index contributed by atoms with van der Waals surface area (Å²) in [5, 5.41) is 7.50. The van der Waals surface area contributed by atoms with Gasteiger partial charge in [-0.05, 0) is 40.9 Å². The molecule has 0 saturated carbocycles. The highest BCUT2D eigenvalue weighted by Gasteiger charge is 2.09. The molecule has 0 unspecified atom stereocenters. The molecule has 1 N–H and O–H groups in total. The largest absolute Gasteiger partial charge is 0.302 e. The first-order chi connectivity index (χ1) is 9.22. The van der Waals surface area contributed by atoms with Crippen molar-refractivity contribution < 1.29 is 4.79 Å². The highest BCUT2D eigenvalue weighted by atomic mass is 32.1. The van der Waals surface area contributed by atoms with Crippen LogP contribution < -0.4 is 5.32 Å². The van der Waals surface area contributed by atoms with Crippen LogP contribution in [0.3, 0.4) is 0 Å². The molecular formula is C14H12N2OS2. The topological polar surface area (TPSA) is 42.0 Å². The number of aromatic nitrogens is 1. The molecule has 3 nitrogen and oxygen atoms in total. The van der Waals surface area contributed by atoms with Crippen molar-refractivity contribution >= 4 is 43.9 Å². The fourth-order valence-electron chi connectivity index (χ4n) is 1.88. The van der Waals surface area contributed by atoms with Gasteiger partial charge in [-0.3, -0.25) is 4.79 Å². The maximum Gasteiger partial charge on any atom is 0.230 e. The number of carbonyl (C=O) groups is 1. The Morgan fingerprint density at radius 1 is 1.37 bits per heavy atom. The van der Waals surface area contributed by atoms with Crippen LogP contribution >= 0.6 is 22.7 Å². The van der Waals surface area contributed by atoms with Gasteiger partial charge in [0.2, 0.25) is 5.91 Å². The molecule has 3 aromatic rings. The van der Waals surface area contributed by atoms with Crippen LogP contribution in [0.5, 0.6) is 0 Å². The average Bonchev–Trinajstić information content (AvgIpc) is 2.98. The highest BCUT2D eigenvalue weighted by molar-refractivity contribution is 7.22. The highest BCUT2D eigenvalue weighted by Crippen LogP contribution is 2.27. The standard InChI is InChI=1S/C14H12N2OS2/c1-9-3-2-4-11-13(9)16-14(19-11)15-12(17)7-10-5-6-18-8-10/h2-6,8H,7H2,1H3,(H,15,16,17). The Balaban J connectivity index is 1.78. The summed E-state index contributed by atoms with van der Waals surface area (Å²) < 4.78 is 1.10. The van der Waals surface area contributed by atoms with Crippen LogP contribution in [0.1, 0.15) is 11.1 Å². The second-order valence-electron chi connectivity index (χ2n) is 4.30. The van der Waals surface area contributed by atoms with Crippen molar-refractivity contribution in [2.45, 2.75) is 13.3 Å². The molecule has 96 valence electrons. The summed E-state index contributed by atoms with van der Waals surface area (Å²) in [6.45, 7) is 2.03. The number of thiazole rings is 1. The normalized spacial score (nSPS) is 10.8. The molecule has 0 radical (unpaired) electrons. The maximum absolute atomic E-state index is 11.9. The minimum absolute atomic E-state index is 0.0184. The average molecular weight is 288 g/mol. The number of anilines is 1. The Kier molecular flexibility index (Phi) is 3.31. The molecule has 1 aromatic carbocycles. The van der Waals surface area contributed by atoms with Crippen LogP contribution in [-0.4, -0.2) is 10.9 Å². The second kappa shape index (κ2) is 5.11. The minimum atomic E-state index is -0.0184. The quantitative estimate of drug-likeness (QED) is 0.795. The van der Waals surface area contributed by atoms with Crippen molar-refractivity contribution in [1.29, 1.82) is 0 Å². The van der Waals surface area contributed by atoms with E-state index in [2.05, 4.69) is 10.3 Å². The summed E-state index contributed by atoms with van der Waals surface area (Å²) in [5.74, 6) is -0.0184. The Morgan fingerprint density at radius 2 is 2.26 bits per heavy atom. The molecule has 0 bridgehead atoms.